The molecule has 0 spiro atoms. The Bertz CT molecular complexity index is 748. The Morgan fingerprint density at radius 3 is 2.91 bits per heavy atom. The molecular formula is C16H16ClN3O2. The van der Waals surface area contributed by atoms with Crippen molar-refractivity contribution in [3.63, 3.8) is 0 Å². The normalized spacial score (nSPS) is 16.9. The van der Waals surface area contributed by atoms with Crippen molar-refractivity contribution in [1.82, 2.24) is 9.97 Å². The van der Waals surface area contributed by atoms with E-state index in [4.69, 9.17) is 16.3 Å². The number of amides is 1. The van der Waals surface area contributed by atoms with Gasteiger partial charge in [-0.15, -0.1) is 0 Å². The van der Waals surface area contributed by atoms with Crippen molar-refractivity contribution in [2.45, 2.75) is 26.9 Å². The summed E-state index contributed by atoms with van der Waals surface area (Å²) in [4.78, 5) is 23.0. The van der Waals surface area contributed by atoms with Gasteiger partial charge < -0.3 is 9.64 Å². The number of rotatable bonds is 1. The summed E-state index contributed by atoms with van der Waals surface area (Å²) in [5, 5.41) is 0.499. The molecule has 0 bridgehead atoms. The van der Waals surface area contributed by atoms with E-state index in [2.05, 4.69) is 9.97 Å². The second-order valence-electron chi connectivity index (χ2n) is 5.35. The molecule has 2 heterocycles. The lowest BCUT2D eigenvalue weighted by atomic mass is 10.1. The number of nitrogens with zero attached hydrogens (tertiary/aromatic N) is 3. The maximum absolute atomic E-state index is 12.9. The van der Waals surface area contributed by atoms with Crippen LogP contribution >= 0.6 is 11.6 Å². The van der Waals surface area contributed by atoms with Crippen molar-refractivity contribution in [1.29, 1.82) is 0 Å². The zero-order valence-electron chi connectivity index (χ0n) is 12.6. The Morgan fingerprint density at radius 1 is 1.41 bits per heavy atom. The van der Waals surface area contributed by atoms with Gasteiger partial charge in [0.1, 0.15) is 11.9 Å². The van der Waals surface area contributed by atoms with Gasteiger partial charge in [0.25, 0.3) is 5.91 Å². The predicted molar refractivity (Wildman–Crippen MR) is 84.7 cm³/mol. The van der Waals surface area contributed by atoms with Gasteiger partial charge in [-0.3, -0.25) is 4.79 Å². The van der Waals surface area contributed by atoms with Crippen molar-refractivity contribution >= 4 is 23.2 Å². The predicted octanol–water partition coefficient (Wildman–Crippen LogP) is 3.17. The number of carbonyl (C=O) groups excluding carboxylic acids is 1. The number of anilines is 1. The van der Waals surface area contributed by atoms with Gasteiger partial charge in [0.2, 0.25) is 0 Å². The fourth-order valence-electron chi connectivity index (χ4n) is 2.55. The molecule has 0 fully saturated rings. The van der Waals surface area contributed by atoms with E-state index in [9.17, 15) is 4.79 Å². The second-order valence-corrected chi connectivity index (χ2v) is 5.76. The molecule has 0 saturated carbocycles. The first-order valence-corrected chi connectivity index (χ1v) is 7.42. The minimum atomic E-state index is -0.142. The van der Waals surface area contributed by atoms with E-state index in [1.807, 2.05) is 19.9 Å². The van der Waals surface area contributed by atoms with E-state index in [0.717, 1.165) is 0 Å². The Morgan fingerprint density at radius 2 is 2.18 bits per heavy atom. The fourth-order valence-corrected chi connectivity index (χ4v) is 2.77. The molecule has 0 aliphatic carbocycles. The molecule has 22 heavy (non-hydrogen) atoms. The number of benzene rings is 1. The van der Waals surface area contributed by atoms with Crippen LogP contribution < -0.4 is 9.64 Å². The molecule has 3 rings (SSSR count). The smallest absolute Gasteiger partial charge is 0.261 e. The molecule has 1 aliphatic rings. The molecule has 1 aliphatic heterocycles. The van der Waals surface area contributed by atoms with E-state index in [-0.39, 0.29) is 12.0 Å². The van der Waals surface area contributed by atoms with Crippen LogP contribution in [-0.2, 0) is 0 Å². The van der Waals surface area contributed by atoms with Gasteiger partial charge in [0, 0.05) is 6.20 Å². The highest BCUT2D eigenvalue weighted by atomic mass is 35.5. The largest absolute Gasteiger partial charge is 0.485 e. The molecule has 0 unspecified atom stereocenters. The maximum atomic E-state index is 12.9. The first-order chi connectivity index (χ1) is 10.5. The van der Waals surface area contributed by atoms with Crippen LogP contribution in [0.5, 0.6) is 5.75 Å². The van der Waals surface area contributed by atoms with E-state index in [1.54, 1.807) is 30.2 Å². The quantitative estimate of drug-likeness (QED) is 0.810. The fraction of sp³-hybridized carbons (Fsp3) is 0.312. The van der Waals surface area contributed by atoms with Crippen LogP contribution in [0.2, 0.25) is 5.02 Å². The van der Waals surface area contributed by atoms with Crippen LogP contribution in [0.15, 0.2) is 24.4 Å². The number of fused-ring (bicyclic) bond motifs is 1. The molecule has 1 amide bonds. The van der Waals surface area contributed by atoms with Gasteiger partial charge in [-0.2, -0.15) is 0 Å². The van der Waals surface area contributed by atoms with Crippen LogP contribution in [0.3, 0.4) is 0 Å². The Hall–Kier alpha value is -2.14. The van der Waals surface area contributed by atoms with Gasteiger partial charge in [-0.25, -0.2) is 9.97 Å². The van der Waals surface area contributed by atoms with Gasteiger partial charge in [0.15, 0.2) is 5.75 Å². The van der Waals surface area contributed by atoms with Gasteiger partial charge in [-0.1, -0.05) is 17.7 Å². The van der Waals surface area contributed by atoms with Gasteiger partial charge in [-0.05, 0) is 32.9 Å². The summed E-state index contributed by atoms with van der Waals surface area (Å²) in [6, 6.07) is 5.38. The zero-order chi connectivity index (χ0) is 15.9. The monoisotopic (exact) mass is 317 g/mol. The van der Waals surface area contributed by atoms with Crippen LogP contribution in [0.4, 0.5) is 5.69 Å². The summed E-state index contributed by atoms with van der Waals surface area (Å²) < 4.78 is 5.77. The number of aryl methyl sites for hydroxylation is 2. The van der Waals surface area contributed by atoms with Crippen LogP contribution in [0.25, 0.3) is 0 Å². The zero-order valence-corrected chi connectivity index (χ0v) is 13.4. The topological polar surface area (TPSA) is 55.3 Å². The average molecular weight is 318 g/mol. The first-order valence-electron chi connectivity index (χ1n) is 7.04. The van der Waals surface area contributed by atoms with E-state index in [1.165, 1.54) is 0 Å². The van der Waals surface area contributed by atoms with Gasteiger partial charge >= 0.3 is 0 Å². The van der Waals surface area contributed by atoms with Crippen molar-refractivity contribution in [2.75, 3.05) is 11.4 Å². The van der Waals surface area contributed by atoms with Crippen molar-refractivity contribution in [3.8, 4) is 5.75 Å². The third-order valence-electron chi connectivity index (χ3n) is 3.57. The van der Waals surface area contributed by atoms with E-state index < -0.39 is 0 Å². The van der Waals surface area contributed by atoms with Crippen LogP contribution in [0.1, 0.15) is 28.8 Å². The summed E-state index contributed by atoms with van der Waals surface area (Å²) in [5.74, 6) is 1.05. The van der Waals surface area contributed by atoms with Crippen molar-refractivity contribution in [2.24, 2.45) is 0 Å². The molecule has 0 saturated heterocycles. The number of hydrogen-bond donors (Lipinski definition) is 0. The number of carbonyl (C=O) groups is 1. The molecule has 0 radical (unpaired) electrons. The summed E-state index contributed by atoms with van der Waals surface area (Å²) in [6.07, 6.45) is 1.44. The standard InChI is InChI=1S/C16H16ClN3O2/c1-9-8-20(14-6-4-5-13(17)15(14)22-9)16(21)12-7-18-11(3)19-10(12)2/h4-7,9H,8H2,1-3H3/t9-/m0/s1. The number of para-hydroxylation sites is 1. The Labute approximate surface area is 133 Å². The molecule has 1 aromatic heterocycles. The number of ether oxygens (including phenoxy) is 1. The second kappa shape index (κ2) is 5.57. The summed E-state index contributed by atoms with van der Waals surface area (Å²) in [5.41, 5.74) is 1.83. The highest BCUT2D eigenvalue weighted by Gasteiger charge is 2.30. The molecule has 114 valence electrons. The number of hydrogen-bond acceptors (Lipinski definition) is 4. The summed E-state index contributed by atoms with van der Waals surface area (Å²) >= 11 is 6.19. The Balaban J connectivity index is 2.05. The van der Waals surface area contributed by atoms with Gasteiger partial charge in [0.05, 0.1) is 28.5 Å². The summed E-state index contributed by atoms with van der Waals surface area (Å²) in [6.45, 7) is 5.97. The lowest BCUT2D eigenvalue weighted by Gasteiger charge is -2.34. The molecule has 1 aromatic carbocycles. The first kappa shape index (κ1) is 14.8. The lowest BCUT2D eigenvalue weighted by molar-refractivity contribution is 0.0960. The highest BCUT2D eigenvalue weighted by Crippen LogP contribution is 2.39. The lowest BCUT2D eigenvalue weighted by Crippen LogP contribution is -2.42. The van der Waals surface area contributed by atoms with Crippen molar-refractivity contribution in [3.05, 3.63) is 46.5 Å². The van der Waals surface area contributed by atoms with E-state index in [0.29, 0.717) is 40.1 Å². The van der Waals surface area contributed by atoms with E-state index >= 15 is 0 Å². The SMILES string of the molecule is Cc1ncc(C(=O)N2C[C@H](C)Oc3c(Cl)cccc32)c(C)n1. The van der Waals surface area contributed by atoms with Crippen LogP contribution in [0, 0.1) is 13.8 Å². The third kappa shape index (κ3) is 2.52. The van der Waals surface area contributed by atoms with Crippen LogP contribution in [-0.4, -0.2) is 28.5 Å². The molecule has 0 N–H and O–H groups in total. The molecule has 1 atom stereocenters. The average Bonchev–Trinajstić information content (AvgIpc) is 2.47. The Kier molecular flexibility index (Phi) is 3.74. The molecule has 5 nitrogen and oxygen atoms in total. The third-order valence-corrected chi connectivity index (χ3v) is 3.87. The molecular weight excluding hydrogens is 302 g/mol. The maximum Gasteiger partial charge on any atom is 0.261 e. The highest BCUT2D eigenvalue weighted by molar-refractivity contribution is 6.32. The number of aromatic nitrogens is 2. The summed E-state index contributed by atoms with van der Waals surface area (Å²) in [7, 11) is 0. The minimum Gasteiger partial charge on any atom is -0.485 e. The molecule has 6 heteroatoms. The molecule has 2 aromatic rings. The number of halogens is 1. The minimum absolute atomic E-state index is 0.136. The van der Waals surface area contributed by atoms with Crippen molar-refractivity contribution < 1.29 is 9.53 Å².